The van der Waals surface area contributed by atoms with Gasteiger partial charge in [0.05, 0.1) is 0 Å². The first-order valence-corrected chi connectivity index (χ1v) is 5.96. The van der Waals surface area contributed by atoms with Gasteiger partial charge in [0.15, 0.2) is 0 Å². The highest BCUT2D eigenvalue weighted by atomic mass is 15.2. The highest BCUT2D eigenvalue weighted by Gasteiger charge is 2.38. The molecule has 2 heterocycles. The molecule has 0 aliphatic carbocycles. The van der Waals surface area contributed by atoms with E-state index in [9.17, 15) is 0 Å². The molecule has 2 aliphatic rings. The zero-order valence-corrected chi connectivity index (χ0v) is 9.29. The first kappa shape index (κ1) is 9.51. The molecule has 2 saturated heterocycles. The standard InChI is InChI=1S/C12H23N/c1-9(2)11-7-6-10(3)12-5-4-8-13(11)12/h9-12H,4-8H2,1-3H3/t10-,11+,12+/m1/s1. The summed E-state index contributed by atoms with van der Waals surface area (Å²) in [6.07, 6.45) is 5.81. The van der Waals surface area contributed by atoms with Crippen LogP contribution in [0.3, 0.4) is 0 Å². The molecular weight excluding hydrogens is 158 g/mol. The van der Waals surface area contributed by atoms with Crippen molar-refractivity contribution in [3.8, 4) is 0 Å². The molecule has 0 radical (unpaired) electrons. The maximum absolute atomic E-state index is 2.80. The van der Waals surface area contributed by atoms with Gasteiger partial charge in [-0.15, -0.1) is 0 Å². The fourth-order valence-electron chi connectivity index (χ4n) is 3.35. The molecule has 0 unspecified atom stereocenters. The van der Waals surface area contributed by atoms with E-state index in [0.29, 0.717) is 0 Å². The Hall–Kier alpha value is -0.0400. The van der Waals surface area contributed by atoms with E-state index in [1.807, 2.05) is 0 Å². The van der Waals surface area contributed by atoms with Crippen LogP contribution in [-0.4, -0.2) is 23.5 Å². The minimum atomic E-state index is 0.855. The maximum Gasteiger partial charge on any atom is 0.0124 e. The summed E-state index contributed by atoms with van der Waals surface area (Å²) >= 11 is 0. The topological polar surface area (TPSA) is 3.24 Å². The summed E-state index contributed by atoms with van der Waals surface area (Å²) in [5.74, 6) is 1.81. The molecule has 2 fully saturated rings. The molecule has 1 heteroatoms. The minimum absolute atomic E-state index is 0.855. The van der Waals surface area contributed by atoms with Gasteiger partial charge in [-0.05, 0) is 44.1 Å². The molecule has 0 aromatic heterocycles. The van der Waals surface area contributed by atoms with E-state index >= 15 is 0 Å². The van der Waals surface area contributed by atoms with Gasteiger partial charge in [0.25, 0.3) is 0 Å². The van der Waals surface area contributed by atoms with E-state index in [4.69, 9.17) is 0 Å². The van der Waals surface area contributed by atoms with Crippen molar-refractivity contribution in [2.75, 3.05) is 6.54 Å². The van der Waals surface area contributed by atoms with E-state index in [0.717, 1.165) is 23.9 Å². The lowest BCUT2D eigenvalue weighted by Crippen LogP contribution is -2.48. The van der Waals surface area contributed by atoms with Crippen LogP contribution in [0.15, 0.2) is 0 Å². The largest absolute Gasteiger partial charge is 0.297 e. The van der Waals surface area contributed by atoms with Crippen molar-refractivity contribution in [1.29, 1.82) is 0 Å². The molecular formula is C12H23N. The van der Waals surface area contributed by atoms with Gasteiger partial charge in [-0.3, -0.25) is 4.90 Å². The summed E-state index contributed by atoms with van der Waals surface area (Å²) in [7, 11) is 0. The predicted molar refractivity (Wildman–Crippen MR) is 56.8 cm³/mol. The highest BCUT2D eigenvalue weighted by Crippen LogP contribution is 2.37. The molecule has 2 aliphatic heterocycles. The number of nitrogens with zero attached hydrogens (tertiary/aromatic N) is 1. The lowest BCUT2D eigenvalue weighted by atomic mass is 9.83. The van der Waals surface area contributed by atoms with Crippen LogP contribution in [0.2, 0.25) is 0 Å². The van der Waals surface area contributed by atoms with Crippen LogP contribution in [0.1, 0.15) is 46.5 Å². The summed E-state index contributed by atoms with van der Waals surface area (Å²) in [6, 6.07) is 1.82. The van der Waals surface area contributed by atoms with Gasteiger partial charge in [-0.25, -0.2) is 0 Å². The second kappa shape index (κ2) is 3.61. The number of hydrogen-bond donors (Lipinski definition) is 0. The van der Waals surface area contributed by atoms with Crippen molar-refractivity contribution in [2.24, 2.45) is 11.8 Å². The molecule has 3 atom stereocenters. The highest BCUT2D eigenvalue weighted by molar-refractivity contribution is 4.93. The minimum Gasteiger partial charge on any atom is -0.297 e. The first-order chi connectivity index (χ1) is 6.20. The Labute approximate surface area is 82.5 Å². The maximum atomic E-state index is 2.80. The molecule has 0 spiro atoms. The fourth-order valence-corrected chi connectivity index (χ4v) is 3.35. The Kier molecular flexibility index (Phi) is 2.64. The average Bonchev–Trinajstić information content (AvgIpc) is 2.53. The van der Waals surface area contributed by atoms with E-state index in [1.165, 1.54) is 32.2 Å². The van der Waals surface area contributed by atoms with Gasteiger partial charge in [-0.1, -0.05) is 20.8 Å². The zero-order valence-electron chi connectivity index (χ0n) is 9.29. The van der Waals surface area contributed by atoms with Gasteiger partial charge in [0, 0.05) is 12.1 Å². The monoisotopic (exact) mass is 181 g/mol. The van der Waals surface area contributed by atoms with Gasteiger partial charge in [0.2, 0.25) is 0 Å². The van der Waals surface area contributed by atoms with E-state index in [-0.39, 0.29) is 0 Å². The second-order valence-electron chi connectivity index (χ2n) is 5.31. The van der Waals surface area contributed by atoms with Crippen molar-refractivity contribution in [2.45, 2.75) is 58.5 Å². The first-order valence-electron chi connectivity index (χ1n) is 5.96. The Morgan fingerprint density at radius 2 is 1.92 bits per heavy atom. The van der Waals surface area contributed by atoms with Crippen LogP contribution >= 0.6 is 0 Å². The quantitative estimate of drug-likeness (QED) is 0.601. The number of hydrogen-bond acceptors (Lipinski definition) is 1. The number of rotatable bonds is 1. The Morgan fingerprint density at radius 1 is 1.15 bits per heavy atom. The average molecular weight is 181 g/mol. The van der Waals surface area contributed by atoms with Gasteiger partial charge < -0.3 is 0 Å². The summed E-state index contributed by atoms with van der Waals surface area (Å²) in [5.41, 5.74) is 0. The Bertz CT molecular complexity index is 176. The lowest BCUT2D eigenvalue weighted by Gasteiger charge is -2.43. The zero-order chi connectivity index (χ0) is 9.42. The van der Waals surface area contributed by atoms with Crippen LogP contribution in [0.4, 0.5) is 0 Å². The van der Waals surface area contributed by atoms with Crippen molar-refractivity contribution >= 4 is 0 Å². The molecule has 0 N–H and O–H groups in total. The van der Waals surface area contributed by atoms with Crippen LogP contribution in [-0.2, 0) is 0 Å². The van der Waals surface area contributed by atoms with Crippen LogP contribution in [0.25, 0.3) is 0 Å². The smallest absolute Gasteiger partial charge is 0.0124 e. The van der Waals surface area contributed by atoms with E-state index < -0.39 is 0 Å². The molecule has 76 valence electrons. The summed E-state index contributed by atoms with van der Waals surface area (Å²) in [4.78, 5) is 2.80. The SMILES string of the molecule is CC(C)[C@@H]1CC[C@@H](C)[C@@H]2CCCN12. The van der Waals surface area contributed by atoms with E-state index in [2.05, 4.69) is 25.7 Å². The lowest BCUT2D eigenvalue weighted by molar-refractivity contribution is 0.0558. The van der Waals surface area contributed by atoms with Crippen LogP contribution in [0.5, 0.6) is 0 Å². The van der Waals surface area contributed by atoms with Crippen molar-refractivity contribution in [3.05, 3.63) is 0 Å². The fraction of sp³-hybridized carbons (Fsp3) is 1.00. The third-order valence-corrected chi connectivity index (χ3v) is 4.11. The second-order valence-corrected chi connectivity index (χ2v) is 5.31. The molecule has 0 aromatic carbocycles. The molecule has 0 amide bonds. The molecule has 0 saturated carbocycles. The summed E-state index contributed by atoms with van der Waals surface area (Å²) in [6.45, 7) is 8.59. The molecule has 1 nitrogen and oxygen atoms in total. The molecule has 2 rings (SSSR count). The Morgan fingerprint density at radius 3 is 2.62 bits per heavy atom. The third-order valence-electron chi connectivity index (χ3n) is 4.11. The van der Waals surface area contributed by atoms with Crippen molar-refractivity contribution in [3.63, 3.8) is 0 Å². The number of piperidine rings is 1. The molecule has 0 aromatic rings. The van der Waals surface area contributed by atoms with Crippen molar-refractivity contribution in [1.82, 2.24) is 4.90 Å². The normalized spacial score (nSPS) is 41.1. The summed E-state index contributed by atoms with van der Waals surface area (Å²) < 4.78 is 0. The van der Waals surface area contributed by atoms with Crippen LogP contribution < -0.4 is 0 Å². The van der Waals surface area contributed by atoms with Gasteiger partial charge in [0.1, 0.15) is 0 Å². The van der Waals surface area contributed by atoms with Crippen molar-refractivity contribution < 1.29 is 0 Å². The Balaban J connectivity index is 2.08. The van der Waals surface area contributed by atoms with Gasteiger partial charge >= 0.3 is 0 Å². The number of fused-ring (bicyclic) bond motifs is 1. The van der Waals surface area contributed by atoms with E-state index in [1.54, 1.807) is 0 Å². The van der Waals surface area contributed by atoms with Gasteiger partial charge in [-0.2, -0.15) is 0 Å². The third kappa shape index (κ3) is 1.63. The predicted octanol–water partition coefficient (Wildman–Crippen LogP) is 2.91. The summed E-state index contributed by atoms with van der Waals surface area (Å²) in [5, 5.41) is 0. The molecule has 0 bridgehead atoms. The molecule has 13 heavy (non-hydrogen) atoms. The van der Waals surface area contributed by atoms with Crippen LogP contribution in [0, 0.1) is 11.8 Å².